The van der Waals surface area contributed by atoms with Crippen LogP contribution in [0.5, 0.6) is 51.7 Å². The summed E-state index contributed by atoms with van der Waals surface area (Å²) >= 11 is 0. The van der Waals surface area contributed by atoms with Crippen molar-refractivity contribution < 1.29 is 54.8 Å². The largest absolute Gasteiger partial charge is 0.508 e. The van der Waals surface area contributed by atoms with Gasteiger partial charge in [-0.05, 0) is 42.1 Å². The zero-order valence-corrected chi connectivity index (χ0v) is 21.6. The van der Waals surface area contributed by atoms with Crippen molar-refractivity contribution in [3.63, 3.8) is 0 Å². The average molecular weight is 570 g/mol. The van der Waals surface area contributed by atoms with E-state index in [0.717, 1.165) is 30.3 Å². The Labute approximate surface area is 232 Å². The molecule has 0 fully saturated rings. The average Bonchev–Trinajstić information content (AvgIpc) is 2.92. The van der Waals surface area contributed by atoms with Crippen LogP contribution in [-0.4, -0.2) is 61.0 Å². The number of esters is 1. The van der Waals surface area contributed by atoms with Gasteiger partial charge in [-0.2, -0.15) is 0 Å². The number of phenolic OH excluding ortho intramolecular Hbond substituents is 7. The first-order valence-electron chi connectivity index (χ1n) is 12.3. The van der Waals surface area contributed by atoms with E-state index in [1.807, 2.05) is 6.92 Å². The molecule has 41 heavy (non-hydrogen) atoms. The Kier molecular flexibility index (Phi) is 8.24. The molecule has 0 radical (unpaired) electrons. The quantitative estimate of drug-likeness (QED) is 0.0632. The van der Waals surface area contributed by atoms with E-state index in [0.29, 0.717) is 6.42 Å². The highest BCUT2D eigenvalue weighted by molar-refractivity contribution is 5.91. The number of azide groups is 1. The fraction of sp³-hybridized carbons (Fsp3) is 0.296. The number of nitrogens with zero attached hydrogens (tertiary/aromatic N) is 3. The summed E-state index contributed by atoms with van der Waals surface area (Å²) in [5, 5.41) is 74.0. The molecule has 1 unspecified atom stereocenters. The summed E-state index contributed by atoms with van der Waals surface area (Å²) in [6, 6.07) is 6.63. The molecule has 14 nitrogen and oxygen atoms in total. The van der Waals surface area contributed by atoms with Gasteiger partial charge in [0.2, 0.25) is 5.75 Å². The molecule has 0 aromatic heterocycles. The number of aromatic hydroxyl groups is 7. The minimum Gasteiger partial charge on any atom is -0.508 e. The molecule has 3 aromatic carbocycles. The number of hydrogen-bond acceptors (Lipinski definition) is 12. The normalized spacial score (nSPS) is 16.5. The predicted octanol–water partition coefficient (Wildman–Crippen LogP) is 4.24. The molecule has 216 valence electrons. The van der Waals surface area contributed by atoms with Gasteiger partial charge in [-0.3, -0.25) is 0 Å². The first kappa shape index (κ1) is 28.6. The Hall–Kier alpha value is -5.36. The summed E-state index contributed by atoms with van der Waals surface area (Å²) in [6.45, 7) is 2.13. The molecule has 1 aliphatic heterocycles. The van der Waals surface area contributed by atoms with Crippen molar-refractivity contribution in [3.05, 3.63) is 63.5 Å². The summed E-state index contributed by atoms with van der Waals surface area (Å²) in [4.78, 5) is 15.9. The Morgan fingerprint density at radius 1 is 1.00 bits per heavy atom. The van der Waals surface area contributed by atoms with E-state index in [-0.39, 0.29) is 65.2 Å². The Balaban J connectivity index is 1.62. The lowest BCUT2D eigenvalue weighted by Crippen LogP contribution is -2.34. The van der Waals surface area contributed by atoms with Crippen molar-refractivity contribution in [2.75, 3.05) is 13.2 Å². The van der Waals surface area contributed by atoms with Crippen LogP contribution >= 0.6 is 0 Å². The number of hydrogen-bond donors (Lipinski definition) is 7. The Morgan fingerprint density at radius 3 is 2.37 bits per heavy atom. The number of rotatable bonds is 9. The third-order valence-electron chi connectivity index (χ3n) is 6.45. The van der Waals surface area contributed by atoms with E-state index in [1.54, 1.807) is 0 Å². The second-order valence-corrected chi connectivity index (χ2v) is 9.54. The standard InChI is InChI=1S/C27H27N3O11/c1-12(2-3-29-30-28)11-39-22-7-14(6-20(35)25(22)37)27(38)41-23-10-16-17(32)8-15(31)9-21(16)40-26(23)13-4-18(33)24(36)19(34)5-13/h4-9,12,23,26,31-37H,2-3,10-11H2,1H3/t12?,23-,26+/m1/s1. The van der Waals surface area contributed by atoms with Gasteiger partial charge in [0.1, 0.15) is 23.4 Å². The number of fused-ring (bicyclic) bond motifs is 1. The van der Waals surface area contributed by atoms with Gasteiger partial charge in [-0.15, -0.1) is 0 Å². The molecule has 0 spiro atoms. The van der Waals surface area contributed by atoms with Gasteiger partial charge in [0.25, 0.3) is 0 Å². The monoisotopic (exact) mass is 569 g/mol. The van der Waals surface area contributed by atoms with E-state index in [9.17, 15) is 40.5 Å². The lowest BCUT2D eigenvalue weighted by molar-refractivity contribution is -0.0189. The summed E-state index contributed by atoms with van der Waals surface area (Å²) in [5.41, 5.74) is 8.50. The second kappa shape index (κ2) is 11.8. The van der Waals surface area contributed by atoms with E-state index in [1.165, 1.54) is 6.07 Å². The van der Waals surface area contributed by atoms with Crippen molar-refractivity contribution >= 4 is 5.97 Å². The SMILES string of the molecule is CC(CCN=[N+]=[N-])COc1cc(C(=O)O[C@@H]2Cc3c(O)cc(O)cc3O[C@H]2c2cc(O)c(O)c(O)c2)cc(O)c1O. The highest BCUT2D eigenvalue weighted by Gasteiger charge is 2.37. The predicted molar refractivity (Wildman–Crippen MR) is 141 cm³/mol. The van der Waals surface area contributed by atoms with Gasteiger partial charge in [-0.1, -0.05) is 12.0 Å². The van der Waals surface area contributed by atoms with Crippen LogP contribution in [0.15, 0.2) is 41.5 Å². The zero-order chi connectivity index (χ0) is 29.8. The zero-order valence-electron chi connectivity index (χ0n) is 21.6. The van der Waals surface area contributed by atoms with Gasteiger partial charge < -0.3 is 50.0 Å². The van der Waals surface area contributed by atoms with Gasteiger partial charge in [-0.25, -0.2) is 4.79 Å². The summed E-state index contributed by atoms with van der Waals surface area (Å²) in [6.07, 6.45) is -2.01. The fourth-order valence-corrected chi connectivity index (χ4v) is 4.29. The molecule has 7 N–H and O–H groups in total. The van der Waals surface area contributed by atoms with E-state index in [4.69, 9.17) is 19.7 Å². The Bertz CT molecular complexity index is 1500. The van der Waals surface area contributed by atoms with Crippen molar-refractivity contribution in [2.24, 2.45) is 11.0 Å². The molecule has 0 bridgehead atoms. The van der Waals surface area contributed by atoms with Gasteiger partial charge in [0.15, 0.2) is 34.9 Å². The molecular weight excluding hydrogens is 542 g/mol. The minimum absolute atomic E-state index is 0.0550. The highest BCUT2D eigenvalue weighted by Crippen LogP contribution is 2.46. The molecule has 1 heterocycles. The molecule has 3 atom stereocenters. The smallest absolute Gasteiger partial charge is 0.338 e. The van der Waals surface area contributed by atoms with Gasteiger partial charge >= 0.3 is 5.97 Å². The molecule has 0 saturated heterocycles. The van der Waals surface area contributed by atoms with Crippen LogP contribution in [0, 0.1) is 5.92 Å². The second-order valence-electron chi connectivity index (χ2n) is 9.54. The lowest BCUT2D eigenvalue weighted by atomic mass is 9.93. The highest BCUT2D eigenvalue weighted by atomic mass is 16.6. The van der Waals surface area contributed by atoms with E-state index in [2.05, 4.69) is 10.0 Å². The van der Waals surface area contributed by atoms with Crippen molar-refractivity contribution in [1.82, 2.24) is 0 Å². The molecule has 4 rings (SSSR count). The molecule has 0 aliphatic carbocycles. The number of benzene rings is 3. The maximum Gasteiger partial charge on any atom is 0.338 e. The van der Waals surface area contributed by atoms with Crippen LogP contribution < -0.4 is 9.47 Å². The number of carbonyl (C=O) groups excluding carboxylic acids is 1. The van der Waals surface area contributed by atoms with Gasteiger partial charge in [0.05, 0.1) is 12.2 Å². The third kappa shape index (κ3) is 6.28. The molecule has 1 aliphatic rings. The summed E-state index contributed by atoms with van der Waals surface area (Å²) in [5.74, 6) is -5.21. The number of carbonyl (C=O) groups is 1. The van der Waals surface area contributed by atoms with Gasteiger partial charge in [0, 0.05) is 41.1 Å². The molecule has 3 aromatic rings. The number of ether oxygens (including phenoxy) is 3. The van der Waals surface area contributed by atoms with Crippen LogP contribution in [0.1, 0.15) is 40.9 Å². The molecule has 14 heteroatoms. The van der Waals surface area contributed by atoms with Crippen LogP contribution in [0.3, 0.4) is 0 Å². The first-order chi connectivity index (χ1) is 19.5. The molecule has 0 amide bonds. The maximum atomic E-state index is 13.2. The van der Waals surface area contributed by atoms with Crippen molar-refractivity contribution in [2.45, 2.75) is 32.0 Å². The topological polar surface area (TPSA) is 235 Å². The fourth-order valence-electron chi connectivity index (χ4n) is 4.29. The van der Waals surface area contributed by atoms with Crippen LogP contribution in [0.25, 0.3) is 10.4 Å². The molecular formula is C27H27N3O11. The van der Waals surface area contributed by atoms with Crippen LogP contribution in [0.4, 0.5) is 0 Å². The first-order valence-corrected chi connectivity index (χ1v) is 12.3. The van der Waals surface area contributed by atoms with Crippen molar-refractivity contribution in [3.8, 4) is 51.7 Å². The lowest BCUT2D eigenvalue weighted by Gasteiger charge is -2.34. The summed E-state index contributed by atoms with van der Waals surface area (Å²) in [7, 11) is 0. The van der Waals surface area contributed by atoms with E-state index >= 15 is 0 Å². The number of phenols is 7. The maximum absolute atomic E-state index is 13.2. The minimum atomic E-state index is -1.19. The Morgan fingerprint density at radius 2 is 1.68 bits per heavy atom. The third-order valence-corrected chi connectivity index (χ3v) is 6.45. The van der Waals surface area contributed by atoms with Crippen molar-refractivity contribution in [1.29, 1.82) is 0 Å². The summed E-state index contributed by atoms with van der Waals surface area (Å²) < 4.78 is 17.2. The van der Waals surface area contributed by atoms with Crippen LogP contribution in [0.2, 0.25) is 0 Å². The van der Waals surface area contributed by atoms with E-state index < -0.39 is 46.9 Å². The molecule has 0 saturated carbocycles. The van der Waals surface area contributed by atoms with Crippen LogP contribution in [-0.2, 0) is 11.2 Å².